The molecule has 2 rings (SSSR count). The van der Waals surface area contributed by atoms with Crippen LogP contribution in [0.25, 0.3) is 0 Å². The average Bonchev–Trinajstić information content (AvgIpc) is 2.94. The van der Waals surface area contributed by atoms with Crippen molar-refractivity contribution in [3.8, 4) is 0 Å². The maximum atomic E-state index is 9.18. The fraction of sp³-hybridized carbons (Fsp3) is 0.714. The number of allylic oxidation sites excluding steroid dienone is 2. The smallest absolute Gasteiger partial charge is 0.0655 e. The molecule has 0 heterocycles. The van der Waals surface area contributed by atoms with Gasteiger partial charge in [0.25, 0.3) is 0 Å². The third-order valence-corrected chi connectivity index (χ3v) is 3.66. The van der Waals surface area contributed by atoms with E-state index in [0.717, 1.165) is 25.7 Å². The quantitative estimate of drug-likeness (QED) is 0.721. The Morgan fingerprint density at radius 3 is 1.31 bits per heavy atom. The second-order valence-corrected chi connectivity index (χ2v) is 5.57. The molecule has 2 fully saturated rings. The van der Waals surface area contributed by atoms with E-state index >= 15 is 0 Å². The SMILES string of the molecule is C=CC[C@@H]1C[C@@]1(C)O.C=CC[C@H]1C[C@]1(C)O. The summed E-state index contributed by atoms with van der Waals surface area (Å²) < 4.78 is 0. The lowest BCUT2D eigenvalue weighted by Gasteiger charge is -1.96. The van der Waals surface area contributed by atoms with Gasteiger partial charge in [0, 0.05) is 0 Å². The Morgan fingerprint density at radius 2 is 1.25 bits per heavy atom. The summed E-state index contributed by atoms with van der Waals surface area (Å²) in [6.45, 7) is 10.9. The van der Waals surface area contributed by atoms with Gasteiger partial charge in [0.2, 0.25) is 0 Å². The Balaban J connectivity index is 0.000000160. The van der Waals surface area contributed by atoms with Gasteiger partial charge in [-0.05, 0) is 51.4 Å². The Kier molecular flexibility index (Phi) is 3.97. The number of aliphatic hydroxyl groups is 2. The predicted molar refractivity (Wildman–Crippen MR) is 67.1 cm³/mol. The standard InChI is InChI=1S/2C7H12O/c2*1-3-4-6-5-7(6,2)8/h2*3,6,8H,1,4-5H2,2H3/t2*6-,7-/m10/s1. The second-order valence-electron chi connectivity index (χ2n) is 5.57. The van der Waals surface area contributed by atoms with Gasteiger partial charge in [-0.15, -0.1) is 13.2 Å². The molecule has 16 heavy (non-hydrogen) atoms. The van der Waals surface area contributed by atoms with Crippen LogP contribution in [0.2, 0.25) is 0 Å². The van der Waals surface area contributed by atoms with E-state index in [-0.39, 0.29) is 11.2 Å². The van der Waals surface area contributed by atoms with Gasteiger partial charge in [0.15, 0.2) is 0 Å². The van der Waals surface area contributed by atoms with Gasteiger partial charge in [-0.2, -0.15) is 0 Å². The third kappa shape index (κ3) is 3.76. The summed E-state index contributed by atoms with van der Waals surface area (Å²) in [5.41, 5.74) is -0.706. The molecule has 0 aliphatic heterocycles. The highest BCUT2D eigenvalue weighted by Gasteiger charge is 2.47. The average molecular weight is 224 g/mol. The number of rotatable bonds is 4. The minimum Gasteiger partial charge on any atom is -0.390 e. The summed E-state index contributed by atoms with van der Waals surface area (Å²) >= 11 is 0. The zero-order valence-electron chi connectivity index (χ0n) is 10.4. The number of hydrogen-bond acceptors (Lipinski definition) is 2. The maximum absolute atomic E-state index is 9.18. The molecule has 0 unspecified atom stereocenters. The van der Waals surface area contributed by atoms with E-state index in [4.69, 9.17) is 0 Å². The van der Waals surface area contributed by atoms with Gasteiger partial charge in [-0.25, -0.2) is 0 Å². The van der Waals surface area contributed by atoms with E-state index in [9.17, 15) is 10.2 Å². The zero-order valence-corrected chi connectivity index (χ0v) is 10.4. The molecule has 0 saturated heterocycles. The Hall–Kier alpha value is -0.600. The van der Waals surface area contributed by atoms with Gasteiger partial charge < -0.3 is 10.2 Å². The van der Waals surface area contributed by atoms with Crippen LogP contribution in [0.3, 0.4) is 0 Å². The van der Waals surface area contributed by atoms with Crippen LogP contribution in [0.5, 0.6) is 0 Å². The van der Waals surface area contributed by atoms with Gasteiger partial charge in [-0.1, -0.05) is 12.2 Å². The molecule has 4 atom stereocenters. The molecule has 2 saturated carbocycles. The van der Waals surface area contributed by atoms with Gasteiger partial charge >= 0.3 is 0 Å². The lowest BCUT2D eigenvalue weighted by atomic mass is 10.2. The third-order valence-electron chi connectivity index (χ3n) is 3.66. The van der Waals surface area contributed by atoms with E-state index in [1.54, 1.807) is 0 Å². The first kappa shape index (κ1) is 13.5. The van der Waals surface area contributed by atoms with Gasteiger partial charge in [0.05, 0.1) is 11.2 Å². The van der Waals surface area contributed by atoms with Gasteiger partial charge in [-0.3, -0.25) is 0 Å². The van der Waals surface area contributed by atoms with Crippen LogP contribution in [0.1, 0.15) is 39.5 Å². The van der Waals surface area contributed by atoms with E-state index in [2.05, 4.69) is 13.2 Å². The van der Waals surface area contributed by atoms with Crippen LogP contribution in [-0.4, -0.2) is 21.4 Å². The highest BCUT2D eigenvalue weighted by atomic mass is 16.3. The summed E-state index contributed by atoms with van der Waals surface area (Å²) in [5.74, 6) is 1.000. The molecule has 2 N–H and O–H groups in total. The van der Waals surface area contributed by atoms with Crippen molar-refractivity contribution in [1.82, 2.24) is 0 Å². The summed E-state index contributed by atoms with van der Waals surface area (Å²) in [5, 5.41) is 18.4. The number of hydrogen-bond donors (Lipinski definition) is 2. The van der Waals surface area contributed by atoms with E-state index < -0.39 is 0 Å². The molecule has 0 aromatic rings. The molecule has 2 heteroatoms. The summed E-state index contributed by atoms with van der Waals surface area (Å²) in [7, 11) is 0. The fourth-order valence-corrected chi connectivity index (χ4v) is 1.96. The largest absolute Gasteiger partial charge is 0.390 e. The van der Waals surface area contributed by atoms with Crippen molar-refractivity contribution in [2.45, 2.75) is 50.7 Å². The molecule has 0 amide bonds. The van der Waals surface area contributed by atoms with E-state index in [1.165, 1.54) is 0 Å². The molecule has 92 valence electrons. The second kappa shape index (κ2) is 4.72. The van der Waals surface area contributed by atoms with Gasteiger partial charge in [0.1, 0.15) is 0 Å². The first-order valence-corrected chi connectivity index (χ1v) is 6.00. The van der Waals surface area contributed by atoms with Crippen molar-refractivity contribution >= 4 is 0 Å². The minimum atomic E-state index is -0.353. The van der Waals surface area contributed by atoms with Crippen LogP contribution >= 0.6 is 0 Å². The molecule has 2 aliphatic rings. The summed E-state index contributed by atoms with van der Waals surface area (Å²) in [6, 6.07) is 0. The topological polar surface area (TPSA) is 40.5 Å². The molecule has 0 radical (unpaired) electrons. The van der Waals surface area contributed by atoms with Crippen molar-refractivity contribution < 1.29 is 10.2 Å². The van der Waals surface area contributed by atoms with Crippen molar-refractivity contribution in [2.75, 3.05) is 0 Å². The summed E-state index contributed by atoms with van der Waals surface area (Å²) in [6.07, 6.45) is 7.58. The maximum Gasteiger partial charge on any atom is 0.0655 e. The Labute approximate surface area is 98.7 Å². The molecule has 0 spiro atoms. The predicted octanol–water partition coefficient (Wildman–Crippen LogP) is 2.67. The minimum absolute atomic E-state index is 0.353. The van der Waals surface area contributed by atoms with Crippen molar-refractivity contribution in [2.24, 2.45) is 11.8 Å². The normalized spacial score (nSPS) is 44.0. The van der Waals surface area contributed by atoms with Crippen molar-refractivity contribution in [3.63, 3.8) is 0 Å². The first-order valence-electron chi connectivity index (χ1n) is 6.00. The molecule has 0 bridgehead atoms. The zero-order chi connectivity index (χ0) is 12.4. The highest BCUT2D eigenvalue weighted by molar-refractivity contribution is 5.02. The van der Waals surface area contributed by atoms with Crippen molar-refractivity contribution in [3.05, 3.63) is 25.3 Å². The molecule has 0 aromatic carbocycles. The molecule has 2 nitrogen and oxygen atoms in total. The van der Waals surface area contributed by atoms with Crippen LogP contribution in [-0.2, 0) is 0 Å². The molecular formula is C14H24O2. The summed E-state index contributed by atoms with van der Waals surface area (Å²) in [4.78, 5) is 0. The first-order chi connectivity index (χ1) is 7.33. The molecule has 2 aliphatic carbocycles. The lowest BCUT2D eigenvalue weighted by molar-refractivity contribution is 0.152. The van der Waals surface area contributed by atoms with Crippen molar-refractivity contribution in [1.29, 1.82) is 0 Å². The van der Waals surface area contributed by atoms with Crippen LogP contribution in [0.15, 0.2) is 25.3 Å². The van der Waals surface area contributed by atoms with Crippen LogP contribution in [0.4, 0.5) is 0 Å². The van der Waals surface area contributed by atoms with E-state index in [0.29, 0.717) is 11.8 Å². The lowest BCUT2D eigenvalue weighted by Crippen LogP contribution is -2.01. The van der Waals surface area contributed by atoms with Crippen LogP contribution in [0, 0.1) is 11.8 Å². The Morgan fingerprint density at radius 1 is 1.00 bits per heavy atom. The fourth-order valence-electron chi connectivity index (χ4n) is 1.96. The monoisotopic (exact) mass is 224 g/mol. The Bertz CT molecular complexity index is 238. The highest BCUT2D eigenvalue weighted by Crippen LogP contribution is 2.45. The molecule has 0 aromatic heterocycles. The van der Waals surface area contributed by atoms with E-state index in [1.807, 2.05) is 26.0 Å². The molecular weight excluding hydrogens is 200 g/mol. The van der Waals surface area contributed by atoms with Crippen LogP contribution < -0.4 is 0 Å².